The van der Waals surface area contributed by atoms with Crippen molar-refractivity contribution in [1.82, 2.24) is 14.9 Å². The van der Waals surface area contributed by atoms with Crippen LogP contribution in [-0.2, 0) is 16.4 Å². The fourth-order valence-electron chi connectivity index (χ4n) is 2.00. The van der Waals surface area contributed by atoms with E-state index in [4.69, 9.17) is 9.26 Å². The zero-order valence-corrected chi connectivity index (χ0v) is 14.3. The molecule has 0 unspecified atom stereocenters. The van der Waals surface area contributed by atoms with E-state index in [0.717, 1.165) is 12.8 Å². The molecule has 126 valence electrons. The van der Waals surface area contributed by atoms with Crippen molar-refractivity contribution < 1.29 is 17.7 Å². The average Bonchev–Trinajstić information content (AvgIpc) is 3.03. The van der Waals surface area contributed by atoms with Crippen LogP contribution >= 0.6 is 0 Å². The minimum atomic E-state index is -3.58. The van der Waals surface area contributed by atoms with Gasteiger partial charge in [-0.3, -0.25) is 0 Å². The summed E-state index contributed by atoms with van der Waals surface area (Å²) in [7, 11) is -2.07. The number of ether oxygens (including phenoxy) is 1. The van der Waals surface area contributed by atoms with Crippen LogP contribution in [0.2, 0.25) is 0 Å². The molecule has 0 aliphatic rings. The number of hydrogen-bond acceptors (Lipinski definition) is 6. The molecular formula is C15H21N3O4S. The molecule has 1 N–H and O–H groups in total. The average molecular weight is 339 g/mol. The predicted octanol–water partition coefficient (Wildman–Crippen LogP) is 2.39. The molecule has 1 aromatic heterocycles. The van der Waals surface area contributed by atoms with Crippen LogP contribution in [0.1, 0.15) is 32.6 Å². The summed E-state index contributed by atoms with van der Waals surface area (Å²) in [6, 6.07) is 4.58. The van der Waals surface area contributed by atoms with Crippen molar-refractivity contribution in [2.75, 3.05) is 13.7 Å². The number of aromatic nitrogens is 2. The third-order valence-corrected chi connectivity index (χ3v) is 4.77. The Morgan fingerprint density at radius 2 is 2.09 bits per heavy atom. The van der Waals surface area contributed by atoms with Gasteiger partial charge in [-0.2, -0.15) is 4.98 Å². The molecule has 0 aliphatic heterocycles. The van der Waals surface area contributed by atoms with Crippen molar-refractivity contribution in [2.24, 2.45) is 0 Å². The Morgan fingerprint density at radius 3 is 2.70 bits per heavy atom. The maximum absolute atomic E-state index is 12.3. The number of nitrogens with zero attached hydrogens (tertiary/aromatic N) is 2. The minimum absolute atomic E-state index is 0.146. The molecule has 0 spiro atoms. The molecule has 23 heavy (non-hydrogen) atoms. The van der Waals surface area contributed by atoms with E-state index in [9.17, 15) is 8.42 Å². The van der Waals surface area contributed by atoms with Gasteiger partial charge in [0.2, 0.25) is 21.7 Å². The van der Waals surface area contributed by atoms with E-state index in [0.29, 0.717) is 36.0 Å². The third kappa shape index (κ3) is 4.08. The van der Waals surface area contributed by atoms with E-state index in [2.05, 4.69) is 14.9 Å². The van der Waals surface area contributed by atoms with Gasteiger partial charge in [-0.1, -0.05) is 25.4 Å². The van der Waals surface area contributed by atoms with Gasteiger partial charge in [0, 0.05) is 13.0 Å². The van der Waals surface area contributed by atoms with Gasteiger partial charge < -0.3 is 9.26 Å². The predicted molar refractivity (Wildman–Crippen MR) is 85.8 cm³/mol. The van der Waals surface area contributed by atoms with Crippen molar-refractivity contribution in [3.8, 4) is 17.1 Å². The minimum Gasteiger partial charge on any atom is -0.496 e. The van der Waals surface area contributed by atoms with Crippen LogP contribution in [0.3, 0.4) is 0 Å². The summed E-state index contributed by atoms with van der Waals surface area (Å²) in [5.41, 5.74) is 0.481. The lowest BCUT2D eigenvalue weighted by Gasteiger charge is -2.10. The lowest BCUT2D eigenvalue weighted by atomic mass is 10.2. The molecule has 2 rings (SSSR count). The molecule has 7 nitrogen and oxygen atoms in total. The molecular weight excluding hydrogens is 318 g/mol. The normalized spacial score (nSPS) is 11.6. The van der Waals surface area contributed by atoms with Gasteiger partial charge in [0.1, 0.15) is 5.75 Å². The number of nitrogens with one attached hydrogen (secondary N) is 1. The number of aryl methyl sites for hydroxylation is 1. The van der Waals surface area contributed by atoms with Crippen molar-refractivity contribution in [2.45, 2.75) is 38.0 Å². The van der Waals surface area contributed by atoms with Gasteiger partial charge in [0.15, 0.2) is 0 Å². The van der Waals surface area contributed by atoms with Crippen molar-refractivity contribution in [3.05, 3.63) is 24.1 Å². The maximum atomic E-state index is 12.3. The van der Waals surface area contributed by atoms with Crippen LogP contribution in [0.15, 0.2) is 27.6 Å². The van der Waals surface area contributed by atoms with E-state index in [1.165, 1.54) is 19.2 Å². The molecule has 1 heterocycles. The number of rotatable bonds is 8. The van der Waals surface area contributed by atoms with Crippen LogP contribution < -0.4 is 9.46 Å². The maximum Gasteiger partial charge on any atom is 0.240 e. The number of sulfonamides is 1. The highest BCUT2D eigenvalue weighted by atomic mass is 32.2. The molecule has 8 heteroatoms. The fourth-order valence-corrected chi connectivity index (χ4v) is 3.10. The largest absolute Gasteiger partial charge is 0.496 e. The van der Waals surface area contributed by atoms with Crippen LogP contribution in [0.4, 0.5) is 0 Å². The molecule has 0 bridgehead atoms. The molecule has 0 atom stereocenters. The Labute approximate surface area is 136 Å². The number of benzene rings is 1. The monoisotopic (exact) mass is 339 g/mol. The molecule has 0 aliphatic carbocycles. The van der Waals surface area contributed by atoms with E-state index >= 15 is 0 Å². The van der Waals surface area contributed by atoms with Crippen molar-refractivity contribution in [3.63, 3.8) is 0 Å². The first-order valence-corrected chi connectivity index (χ1v) is 9.00. The summed E-state index contributed by atoms with van der Waals surface area (Å²) in [6.07, 6.45) is 2.30. The standard InChI is InChI=1S/C15H21N3O4S/c1-4-6-9-16-23(19,20)11-7-8-13(21-3)12(10-11)15-17-14(5-2)22-18-15/h7-8,10,16H,4-6,9H2,1-3H3. The van der Waals surface area contributed by atoms with Gasteiger partial charge >= 0.3 is 0 Å². The van der Waals surface area contributed by atoms with Gasteiger partial charge in [0.25, 0.3) is 0 Å². The van der Waals surface area contributed by atoms with Crippen LogP contribution in [0.5, 0.6) is 5.75 Å². The lowest BCUT2D eigenvalue weighted by molar-refractivity contribution is 0.382. The van der Waals surface area contributed by atoms with Crippen LogP contribution in [-0.4, -0.2) is 32.2 Å². The summed E-state index contributed by atoms with van der Waals surface area (Å²) >= 11 is 0. The summed E-state index contributed by atoms with van der Waals surface area (Å²) in [6.45, 7) is 4.30. The molecule has 0 saturated heterocycles. The second-order valence-corrected chi connectivity index (χ2v) is 6.75. The Morgan fingerprint density at radius 1 is 1.30 bits per heavy atom. The molecule has 0 radical (unpaired) electrons. The highest BCUT2D eigenvalue weighted by Crippen LogP contribution is 2.30. The Kier molecular flexibility index (Phi) is 5.73. The van der Waals surface area contributed by atoms with Crippen LogP contribution in [0.25, 0.3) is 11.4 Å². The van der Waals surface area contributed by atoms with Gasteiger partial charge in [-0.05, 0) is 24.6 Å². The van der Waals surface area contributed by atoms with E-state index in [1.54, 1.807) is 6.07 Å². The van der Waals surface area contributed by atoms with E-state index in [1.807, 2.05) is 13.8 Å². The highest BCUT2D eigenvalue weighted by molar-refractivity contribution is 7.89. The quantitative estimate of drug-likeness (QED) is 0.742. The van der Waals surface area contributed by atoms with E-state index < -0.39 is 10.0 Å². The molecule has 0 amide bonds. The van der Waals surface area contributed by atoms with Crippen molar-refractivity contribution >= 4 is 10.0 Å². The molecule has 0 saturated carbocycles. The third-order valence-electron chi connectivity index (χ3n) is 3.32. The summed E-state index contributed by atoms with van der Waals surface area (Å²) in [5.74, 6) is 1.28. The summed E-state index contributed by atoms with van der Waals surface area (Å²) in [4.78, 5) is 4.38. The number of methoxy groups -OCH3 is 1. The second-order valence-electron chi connectivity index (χ2n) is 4.98. The van der Waals surface area contributed by atoms with E-state index in [-0.39, 0.29) is 4.90 Å². The first-order chi connectivity index (χ1) is 11.0. The second kappa shape index (κ2) is 7.56. The molecule has 2 aromatic rings. The Bertz CT molecular complexity index is 756. The lowest BCUT2D eigenvalue weighted by Crippen LogP contribution is -2.24. The molecule has 1 aromatic carbocycles. The van der Waals surface area contributed by atoms with Gasteiger partial charge in [-0.15, -0.1) is 0 Å². The zero-order valence-electron chi connectivity index (χ0n) is 13.5. The van der Waals surface area contributed by atoms with Gasteiger partial charge in [-0.25, -0.2) is 13.1 Å². The Hall–Kier alpha value is -1.93. The SMILES string of the molecule is CCCCNS(=O)(=O)c1ccc(OC)c(-c2noc(CC)n2)c1. The van der Waals surface area contributed by atoms with Crippen molar-refractivity contribution in [1.29, 1.82) is 0 Å². The van der Waals surface area contributed by atoms with Gasteiger partial charge in [0.05, 0.1) is 17.6 Å². The first kappa shape index (κ1) is 17.4. The Balaban J connectivity index is 2.39. The number of hydrogen-bond donors (Lipinski definition) is 1. The fraction of sp³-hybridized carbons (Fsp3) is 0.467. The zero-order chi connectivity index (χ0) is 16.9. The first-order valence-electron chi connectivity index (χ1n) is 7.52. The molecule has 0 fully saturated rings. The summed E-state index contributed by atoms with van der Waals surface area (Å²) in [5, 5.41) is 3.88. The topological polar surface area (TPSA) is 94.3 Å². The summed E-state index contributed by atoms with van der Waals surface area (Å²) < 4.78 is 37.6. The highest BCUT2D eigenvalue weighted by Gasteiger charge is 2.19. The van der Waals surface area contributed by atoms with Crippen LogP contribution in [0, 0.1) is 0 Å². The number of unbranched alkanes of at least 4 members (excludes halogenated alkanes) is 1. The smallest absolute Gasteiger partial charge is 0.240 e.